The van der Waals surface area contributed by atoms with E-state index in [0.717, 1.165) is 44.1 Å². The van der Waals surface area contributed by atoms with Crippen molar-refractivity contribution in [1.82, 2.24) is 10.1 Å². The summed E-state index contributed by atoms with van der Waals surface area (Å²) in [6, 6.07) is 12.8. The number of nitrogens with zero attached hydrogens (tertiary/aromatic N) is 3. The molecule has 1 aliphatic heterocycles. The Balaban J connectivity index is 0.00000100. The molecule has 0 spiro atoms. The molecule has 24 heavy (non-hydrogen) atoms. The fourth-order valence-corrected chi connectivity index (χ4v) is 3.05. The van der Waals surface area contributed by atoms with Gasteiger partial charge in [0, 0.05) is 37.9 Å². The Hall–Kier alpha value is -1.81. The summed E-state index contributed by atoms with van der Waals surface area (Å²) in [5.41, 5.74) is 2.44. The number of hydrogen-bond acceptors (Lipinski definition) is 4. The van der Waals surface area contributed by atoms with Gasteiger partial charge in [0.05, 0.1) is 5.69 Å². The van der Waals surface area contributed by atoms with Gasteiger partial charge in [0.25, 0.3) is 0 Å². The smallest absolute Gasteiger partial charge is 0.133 e. The van der Waals surface area contributed by atoms with Crippen molar-refractivity contribution in [3.8, 4) is 0 Å². The lowest BCUT2D eigenvalue weighted by Gasteiger charge is -2.36. The molecule has 1 saturated heterocycles. The van der Waals surface area contributed by atoms with E-state index in [1.165, 1.54) is 25.1 Å². The van der Waals surface area contributed by atoms with Crippen LogP contribution in [0.4, 0.5) is 5.69 Å². The molecule has 0 unspecified atom stereocenters. The van der Waals surface area contributed by atoms with Gasteiger partial charge in [-0.15, -0.1) is 0 Å². The Labute approximate surface area is 146 Å². The number of para-hydroxylation sites is 1. The van der Waals surface area contributed by atoms with Crippen molar-refractivity contribution in [3.05, 3.63) is 47.9 Å². The molecule has 0 saturated carbocycles. The molecule has 4 nitrogen and oxygen atoms in total. The van der Waals surface area contributed by atoms with Crippen molar-refractivity contribution >= 4 is 5.69 Å². The number of rotatable bonds is 6. The third-order valence-electron chi connectivity index (χ3n) is 4.33. The minimum Gasteiger partial charge on any atom is -0.369 e. The maximum absolute atomic E-state index is 5.10. The molecule has 3 rings (SSSR count). The maximum Gasteiger partial charge on any atom is 0.133 e. The van der Waals surface area contributed by atoms with E-state index in [-0.39, 0.29) is 0 Å². The fourth-order valence-electron chi connectivity index (χ4n) is 3.05. The predicted molar refractivity (Wildman–Crippen MR) is 101 cm³/mol. The molecule has 1 aliphatic rings. The number of hydrogen-bond donors (Lipinski definition) is 0. The highest BCUT2D eigenvalue weighted by atomic mass is 16.5. The average molecular weight is 329 g/mol. The molecule has 0 N–H and O–H groups in total. The Morgan fingerprint density at radius 2 is 1.71 bits per heavy atom. The molecular weight excluding hydrogens is 298 g/mol. The van der Waals surface area contributed by atoms with Crippen LogP contribution < -0.4 is 4.90 Å². The molecule has 0 amide bonds. The van der Waals surface area contributed by atoms with Crippen molar-refractivity contribution in [2.24, 2.45) is 0 Å². The van der Waals surface area contributed by atoms with Crippen LogP contribution in [0.5, 0.6) is 0 Å². The van der Waals surface area contributed by atoms with Crippen molar-refractivity contribution < 1.29 is 4.52 Å². The molecule has 2 heterocycles. The maximum atomic E-state index is 5.10. The Morgan fingerprint density at radius 3 is 2.33 bits per heavy atom. The SMILES string of the molecule is CC.Cc1cc(CCCCN2CCN(c3ccccc3)CC2)no1. The van der Waals surface area contributed by atoms with E-state index in [1.807, 2.05) is 26.8 Å². The normalized spacial score (nSPS) is 15.0. The summed E-state index contributed by atoms with van der Waals surface area (Å²) >= 11 is 0. The van der Waals surface area contributed by atoms with Gasteiger partial charge in [-0.05, 0) is 44.9 Å². The van der Waals surface area contributed by atoms with Crippen LogP contribution >= 0.6 is 0 Å². The quantitative estimate of drug-likeness (QED) is 0.745. The van der Waals surface area contributed by atoms with Crippen LogP contribution in [0, 0.1) is 6.92 Å². The predicted octanol–water partition coefficient (Wildman–Crippen LogP) is 4.15. The highest BCUT2D eigenvalue weighted by molar-refractivity contribution is 5.46. The van der Waals surface area contributed by atoms with E-state index in [4.69, 9.17) is 4.52 Å². The van der Waals surface area contributed by atoms with Crippen LogP contribution in [0.25, 0.3) is 0 Å². The van der Waals surface area contributed by atoms with Gasteiger partial charge in [0.2, 0.25) is 0 Å². The third-order valence-corrected chi connectivity index (χ3v) is 4.33. The summed E-state index contributed by atoms with van der Waals surface area (Å²) in [7, 11) is 0. The first-order valence-electron chi connectivity index (χ1n) is 9.26. The summed E-state index contributed by atoms with van der Waals surface area (Å²) in [6.45, 7) is 11.7. The highest BCUT2D eigenvalue weighted by Crippen LogP contribution is 2.16. The zero-order valence-electron chi connectivity index (χ0n) is 15.4. The van der Waals surface area contributed by atoms with E-state index in [0.29, 0.717) is 0 Å². The standard InChI is InChI=1S/C18H25N3O.C2H6/c1-16-15-17(19-22-16)7-5-6-10-20-11-13-21(14-12-20)18-8-3-2-4-9-18;1-2/h2-4,8-9,15H,5-7,10-14H2,1H3;1-2H3. The van der Waals surface area contributed by atoms with Gasteiger partial charge < -0.3 is 9.42 Å². The molecule has 0 bridgehead atoms. The largest absolute Gasteiger partial charge is 0.369 e. The first-order chi connectivity index (χ1) is 11.8. The summed E-state index contributed by atoms with van der Waals surface area (Å²) in [4.78, 5) is 5.06. The topological polar surface area (TPSA) is 32.5 Å². The lowest BCUT2D eigenvalue weighted by molar-refractivity contribution is 0.253. The molecular formula is C20H31N3O. The molecule has 1 aromatic heterocycles. The molecule has 1 aromatic carbocycles. The zero-order valence-corrected chi connectivity index (χ0v) is 15.4. The zero-order chi connectivity index (χ0) is 17.2. The molecule has 2 aromatic rings. The van der Waals surface area contributed by atoms with Gasteiger partial charge in [0.1, 0.15) is 5.76 Å². The number of anilines is 1. The number of unbranched alkanes of at least 4 members (excludes halogenated alkanes) is 1. The van der Waals surface area contributed by atoms with Crippen molar-refractivity contribution in [2.45, 2.75) is 40.0 Å². The first-order valence-corrected chi connectivity index (χ1v) is 9.26. The number of piperazine rings is 1. The van der Waals surface area contributed by atoms with Crippen LogP contribution in [0.15, 0.2) is 40.9 Å². The minimum atomic E-state index is 0.909. The second-order valence-corrected chi connectivity index (χ2v) is 6.05. The van der Waals surface area contributed by atoms with E-state index in [2.05, 4.69) is 45.3 Å². The minimum absolute atomic E-state index is 0.909. The second-order valence-electron chi connectivity index (χ2n) is 6.05. The van der Waals surface area contributed by atoms with E-state index in [1.54, 1.807) is 0 Å². The van der Waals surface area contributed by atoms with Gasteiger partial charge >= 0.3 is 0 Å². The fraction of sp³-hybridized carbons (Fsp3) is 0.550. The Bertz CT molecular complexity index is 559. The molecule has 1 fully saturated rings. The third kappa shape index (κ3) is 5.68. The van der Waals surface area contributed by atoms with Gasteiger partial charge in [-0.25, -0.2) is 0 Å². The van der Waals surface area contributed by atoms with Crippen LogP contribution in [0.1, 0.15) is 38.1 Å². The van der Waals surface area contributed by atoms with Gasteiger partial charge in [0.15, 0.2) is 0 Å². The highest BCUT2D eigenvalue weighted by Gasteiger charge is 2.16. The molecule has 4 heteroatoms. The molecule has 132 valence electrons. The summed E-state index contributed by atoms with van der Waals surface area (Å²) in [5.74, 6) is 0.909. The Morgan fingerprint density at radius 1 is 1.00 bits per heavy atom. The van der Waals surface area contributed by atoms with Crippen molar-refractivity contribution in [3.63, 3.8) is 0 Å². The lowest BCUT2D eigenvalue weighted by Crippen LogP contribution is -2.46. The summed E-state index contributed by atoms with van der Waals surface area (Å²) in [6.07, 6.45) is 3.45. The lowest BCUT2D eigenvalue weighted by atomic mass is 10.1. The monoisotopic (exact) mass is 329 g/mol. The van der Waals surface area contributed by atoms with Crippen LogP contribution in [0.3, 0.4) is 0 Å². The molecule has 0 aliphatic carbocycles. The number of aromatic nitrogens is 1. The van der Waals surface area contributed by atoms with Crippen LogP contribution in [-0.4, -0.2) is 42.8 Å². The summed E-state index contributed by atoms with van der Waals surface area (Å²) in [5, 5.41) is 4.05. The average Bonchev–Trinajstić information content (AvgIpc) is 3.07. The van der Waals surface area contributed by atoms with Crippen molar-refractivity contribution in [1.29, 1.82) is 0 Å². The number of aryl methyl sites for hydroxylation is 2. The van der Waals surface area contributed by atoms with Crippen LogP contribution in [-0.2, 0) is 6.42 Å². The molecule has 0 radical (unpaired) electrons. The Kier molecular flexibility index (Phi) is 7.83. The van der Waals surface area contributed by atoms with E-state index in [9.17, 15) is 0 Å². The first kappa shape index (κ1) is 18.5. The second kappa shape index (κ2) is 10.1. The summed E-state index contributed by atoms with van der Waals surface area (Å²) < 4.78 is 5.10. The van der Waals surface area contributed by atoms with Crippen molar-refractivity contribution in [2.75, 3.05) is 37.6 Å². The number of benzene rings is 1. The van der Waals surface area contributed by atoms with E-state index < -0.39 is 0 Å². The van der Waals surface area contributed by atoms with Gasteiger partial charge in [-0.2, -0.15) is 0 Å². The van der Waals surface area contributed by atoms with Crippen LogP contribution in [0.2, 0.25) is 0 Å². The van der Waals surface area contributed by atoms with Gasteiger partial charge in [-0.3, -0.25) is 4.90 Å². The molecule has 0 atom stereocenters. The van der Waals surface area contributed by atoms with Gasteiger partial charge in [-0.1, -0.05) is 37.2 Å². The van der Waals surface area contributed by atoms with E-state index >= 15 is 0 Å².